The largest absolute Gasteiger partial charge is 0.368 e. The zero-order valence-corrected chi connectivity index (χ0v) is 12.4. The Hall–Kier alpha value is -1.36. The molecule has 3 rings (SSSR count). The van der Waals surface area contributed by atoms with Crippen LogP contribution >= 0.6 is 0 Å². The van der Waals surface area contributed by atoms with Gasteiger partial charge in [0.1, 0.15) is 11.6 Å². The second kappa shape index (κ2) is 5.20. The summed E-state index contributed by atoms with van der Waals surface area (Å²) in [6, 6.07) is 1.57. The molecule has 2 aliphatic carbocycles. The van der Waals surface area contributed by atoms with Crippen molar-refractivity contribution in [3.8, 4) is 0 Å². The average Bonchev–Trinajstić information content (AvgIpc) is 3.14. The van der Waals surface area contributed by atoms with Crippen molar-refractivity contribution < 1.29 is 0 Å². The van der Waals surface area contributed by atoms with Crippen LogP contribution in [0.5, 0.6) is 0 Å². The molecule has 0 bridgehead atoms. The van der Waals surface area contributed by atoms with Crippen LogP contribution in [0.1, 0.15) is 50.3 Å². The minimum Gasteiger partial charge on any atom is -0.368 e. The van der Waals surface area contributed by atoms with Crippen molar-refractivity contribution >= 4 is 5.82 Å². The molecule has 0 atom stereocenters. The number of H-pyrrole nitrogens is 1. The Bertz CT molecular complexity index is 527. The molecule has 0 amide bonds. The maximum Gasteiger partial charge on any atom is 0.252 e. The molecule has 0 unspecified atom stereocenters. The number of nitrogens with one attached hydrogen (secondary N) is 2. The van der Waals surface area contributed by atoms with E-state index in [0.29, 0.717) is 5.92 Å². The van der Waals surface area contributed by atoms with Crippen LogP contribution in [-0.2, 0) is 0 Å². The molecule has 2 N–H and O–H groups in total. The summed E-state index contributed by atoms with van der Waals surface area (Å²) in [6.07, 6.45) is 7.30. The summed E-state index contributed by atoms with van der Waals surface area (Å²) in [6.45, 7) is 0.862. The number of aromatic amines is 1. The van der Waals surface area contributed by atoms with Crippen LogP contribution in [0.25, 0.3) is 0 Å². The highest BCUT2D eigenvalue weighted by molar-refractivity contribution is 5.35. The van der Waals surface area contributed by atoms with Crippen LogP contribution < -0.4 is 10.9 Å². The fraction of sp³-hybridized carbons (Fsp3) is 0.733. The van der Waals surface area contributed by atoms with Crippen molar-refractivity contribution in [3.05, 3.63) is 22.2 Å². The lowest BCUT2D eigenvalue weighted by Gasteiger charge is -2.36. The number of hydrogen-bond acceptors (Lipinski definition) is 4. The fourth-order valence-electron chi connectivity index (χ4n) is 3.19. The Kier molecular flexibility index (Phi) is 3.54. The van der Waals surface area contributed by atoms with Crippen LogP contribution in [0, 0.1) is 0 Å². The van der Waals surface area contributed by atoms with E-state index in [9.17, 15) is 4.79 Å². The van der Waals surface area contributed by atoms with E-state index in [1.54, 1.807) is 6.07 Å². The smallest absolute Gasteiger partial charge is 0.252 e. The Morgan fingerprint density at radius 2 is 2.10 bits per heavy atom. The number of aromatic nitrogens is 2. The van der Waals surface area contributed by atoms with Crippen molar-refractivity contribution in [2.75, 3.05) is 26.0 Å². The number of anilines is 1. The number of hydrogen-bond donors (Lipinski definition) is 2. The van der Waals surface area contributed by atoms with Gasteiger partial charge in [-0.2, -0.15) is 0 Å². The van der Waals surface area contributed by atoms with Crippen molar-refractivity contribution in [2.45, 2.75) is 50.0 Å². The summed E-state index contributed by atoms with van der Waals surface area (Å²) in [5.41, 5.74) is 0.166. The van der Waals surface area contributed by atoms with Gasteiger partial charge in [0.15, 0.2) is 0 Å². The van der Waals surface area contributed by atoms with Gasteiger partial charge in [0.2, 0.25) is 0 Å². The van der Waals surface area contributed by atoms with Crippen molar-refractivity contribution in [3.63, 3.8) is 0 Å². The van der Waals surface area contributed by atoms with Gasteiger partial charge >= 0.3 is 0 Å². The SMILES string of the molecule is CN(C)C1(CNc2cc(=O)[nH]c(C3CC3)n2)CCCC1. The predicted octanol–water partition coefficient (Wildman–Crippen LogP) is 1.93. The highest BCUT2D eigenvalue weighted by atomic mass is 16.1. The fourth-order valence-corrected chi connectivity index (χ4v) is 3.19. The third-order valence-electron chi connectivity index (χ3n) is 4.81. The van der Waals surface area contributed by atoms with E-state index in [1.807, 2.05) is 0 Å². The van der Waals surface area contributed by atoms with Crippen LogP contribution in [0.2, 0.25) is 0 Å². The molecule has 5 nitrogen and oxygen atoms in total. The summed E-state index contributed by atoms with van der Waals surface area (Å²) in [5.74, 6) is 2.05. The van der Waals surface area contributed by atoms with E-state index in [4.69, 9.17) is 0 Å². The Morgan fingerprint density at radius 3 is 2.70 bits per heavy atom. The minimum absolute atomic E-state index is 0.0466. The van der Waals surface area contributed by atoms with E-state index in [2.05, 4.69) is 34.3 Å². The molecule has 5 heteroatoms. The molecule has 110 valence electrons. The number of rotatable bonds is 5. The van der Waals surface area contributed by atoms with Gasteiger partial charge < -0.3 is 15.2 Å². The second-order valence-corrected chi connectivity index (χ2v) is 6.47. The molecule has 1 aromatic heterocycles. The monoisotopic (exact) mass is 276 g/mol. The van der Waals surface area contributed by atoms with E-state index < -0.39 is 0 Å². The molecule has 1 heterocycles. The molecule has 0 aromatic carbocycles. The molecule has 2 fully saturated rings. The molecular weight excluding hydrogens is 252 g/mol. The number of likely N-dealkylation sites (N-methyl/N-ethyl adjacent to an activating group) is 1. The molecule has 0 spiro atoms. The zero-order valence-electron chi connectivity index (χ0n) is 12.4. The van der Waals surface area contributed by atoms with Crippen LogP contribution in [0.3, 0.4) is 0 Å². The van der Waals surface area contributed by atoms with Crippen LogP contribution in [0.4, 0.5) is 5.82 Å². The van der Waals surface area contributed by atoms with Gasteiger partial charge in [0.05, 0.1) is 0 Å². The molecule has 0 radical (unpaired) electrons. The maximum atomic E-state index is 11.7. The molecule has 2 saturated carbocycles. The highest BCUT2D eigenvalue weighted by Gasteiger charge is 2.35. The number of nitrogens with zero attached hydrogens (tertiary/aromatic N) is 2. The normalized spacial score (nSPS) is 21.4. The maximum absolute atomic E-state index is 11.7. The van der Waals surface area contributed by atoms with Gasteiger partial charge in [0, 0.05) is 24.1 Å². The topological polar surface area (TPSA) is 61.0 Å². The van der Waals surface area contributed by atoms with Gasteiger partial charge in [-0.1, -0.05) is 12.8 Å². The summed E-state index contributed by atoms with van der Waals surface area (Å²) in [4.78, 5) is 21.4. The molecule has 2 aliphatic rings. The molecule has 0 aliphatic heterocycles. The summed E-state index contributed by atoms with van der Waals surface area (Å²) >= 11 is 0. The van der Waals surface area contributed by atoms with Crippen LogP contribution in [0.15, 0.2) is 10.9 Å². The van der Waals surface area contributed by atoms with Gasteiger partial charge in [-0.25, -0.2) is 4.98 Å². The quantitative estimate of drug-likeness (QED) is 0.862. The average molecular weight is 276 g/mol. The zero-order chi connectivity index (χ0) is 14.2. The van der Waals surface area contributed by atoms with E-state index in [1.165, 1.54) is 25.7 Å². The summed E-state index contributed by atoms with van der Waals surface area (Å²) in [7, 11) is 4.29. The second-order valence-electron chi connectivity index (χ2n) is 6.47. The van der Waals surface area contributed by atoms with E-state index in [0.717, 1.165) is 31.0 Å². The molecule has 1 aromatic rings. The lowest BCUT2D eigenvalue weighted by Crippen LogP contribution is -2.47. The molecular formula is C15H24N4O. The third kappa shape index (κ3) is 2.73. The summed E-state index contributed by atoms with van der Waals surface area (Å²) < 4.78 is 0. The minimum atomic E-state index is -0.0466. The standard InChI is InChI=1S/C15H24N4O/c1-19(2)15(7-3-4-8-15)10-16-12-9-13(20)18-14(17-12)11-5-6-11/h9,11H,3-8,10H2,1-2H3,(H2,16,17,18,20). The Balaban J connectivity index is 1.72. The van der Waals surface area contributed by atoms with Crippen LogP contribution in [-0.4, -0.2) is 41.0 Å². The molecule has 0 saturated heterocycles. The van der Waals surface area contributed by atoms with Crippen molar-refractivity contribution in [1.29, 1.82) is 0 Å². The first-order chi connectivity index (χ1) is 9.59. The highest BCUT2D eigenvalue weighted by Crippen LogP contribution is 2.38. The predicted molar refractivity (Wildman–Crippen MR) is 80.2 cm³/mol. The first-order valence-electron chi connectivity index (χ1n) is 7.62. The third-order valence-corrected chi connectivity index (χ3v) is 4.81. The van der Waals surface area contributed by atoms with Gasteiger partial charge in [-0.3, -0.25) is 4.79 Å². The van der Waals surface area contributed by atoms with Gasteiger partial charge in [-0.15, -0.1) is 0 Å². The first kappa shape index (κ1) is 13.6. The Morgan fingerprint density at radius 1 is 1.40 bits per heavy atom. The molecule has 20 heavy (non-hydrogen) atoms. The first-order valence-corrected chi connectivity index (χ1v) is 7.62. The lowest BCUT2D eigenvalue weighted by atomic mass is 9.96. The van der Waals surface area contributed by atoms with Gasteiger partial charge in [-0.05, 0) is 39.8 Å². The summed E-state index contributed by atoms with van der Waals surface area (Å²) in [5, 5.41) is 3.40. The van der Waals surface area contributed by atoms with Gasteiger partial charge in [0.25, 0.3) is 5.56 Å². The van der Waals surface area contributed by atoms with E-state index >= 15 is 0 Å². The lowest BCUT2D eigenvalue weighted by molar-refractivity contribution is 0.172. The van der Waals surface area contributed by atoms with E-state index in [-0.39, 0.29) is 11.1 Å². The Labute approximate surface area is 119 Å². The van der Waals surface area contributed by atoms with Crippen molar-refractivity contribution in [1.82, 2.24) is 14.9 Å². The van der Waals surface area contributed by atoms with Crippen molar-refractivity contribution in [2.24, 2.45) is 0 Å².